The summed E-state index contributed by atoms with van der Waals surface area (Å²) in [5, 5.41) is 5.26. The Hall–Kier alpha value is -2.36. The highest BCUT2D eigenvalue weighted by Gasteiger charge is 2.30. The number of carbonyl (C=O) groups excluding carboxylic acids is 2. The summed E-state index contributed by atoms with van der Waals surface area (Å²) in [6.45, 7) is 11.2. The van der Waals surface area contributed by atoms with Crippen LogP contribution in [0.1, 0.15) is 64.2 Å². The van der Waals surface area contributed by atoms with Crippen LogP contribution in [-0.4, -0.2) is 23.9 Å². The molecule has 0 atom stereocenters. The van der Waals surface area contributed by atoms with E-state index in [1.807, 2.05) is 41.3 Å². The summed E-state index contributed by atoms with van der Waals surface area (Å²) in [5.74, 6) is 0.0851. The highest BCUT2D eigenvalue weighted by Crippen LogP contribution is 2.37. The minimum atomic E-state index is -0.235. The van der Waals surface area contributed by atoms with Crippen molar-refractivity contribution in [3.05, 3.63) is 42.0 Å². The van der Waals surface area contributed by atoms with Gasteiger partial charge in [-0.05, 0) is 49.6 Å². The molecule has 0 bridgehead atoms. The normalized spacial score (nSPS) is 14.1. The molecule has 4 nitrogen and oxygen atoms in total. The molecule has 0 aliphatic carbocycles. The smallest absolute Gasteiger partial charge is 0.258 e. The Labute approximate surface area is 161 Å². The molecule has 1 N–H and O–H groups in total. The number of hydrogen-bond donors (Lipinski definition) is 1. The van der Waals surface area contributed by atoms with Crippen LogP contribution < -0.4 is 10.2 Å². The fourth-order valence-electron chi connectivity index (χ4n) is 4.41. The lowest BCUT2D eigenvalue weighted by Crippen LogP contribution is -2.45. The molecule has 3 rings (SSSR count). The number of anilines is 1. The second-order valence-corrected chi connectivity index (χ2v) is 9.41. The molecule has 27 heavy (non-hydrogen) atoms. The quantitative estimate of drug-likeness (QED) is 0.789. The maximum atomic E-state index is 12.8. The van der Waals surface area contributed by atoms with E-state index < -0.39 is 0 Å². The number of nitrogens with zero attached hydrogens (tertiary/aromatic N) is 1. The molecule has 144 valence electrons. The van der Waals surface area contributed by atoms with Gasteiger partial charge in [-0.1, -0.05) is 45.0 Å². The van der Waals surface area contributed by atoms with Crippen LogP contribution in [0, 0.1) is 5.41 Å². The maximum Gasteiger partial charge on any atom is 0.258 e. The minimum Gasteiger partial charge on any atom is -0.351 e. The van der Waals surface area contributed by atoms with Crippen molar-refractivity contribution in [1.82, 2.24) is 5.32 Å². The standard InChI is InChI=1S/C23H30N2O2/c1-22(2,3)15-23(4,5)24-19(26)13-8-14-25-18-12-7-10-16-9-6-11-17(20(16)18)21(25)27/h6-7,9-12H,8,13-15H2,1-5H3,(H,24,26). The molecule has 1 aliphatic heterocycles. The van der Waals surface area contributed by atoms with Crippen molar-refractivity contribution in [3.63, 3.8) is 0 Å². The maximum absolute atomic E-state index is 12.8. The van der Waals surface area contributed by atoms with Crippen molar-refractivity contribution < 1.29 is 9.59 Å². The van der Waals surface area contributed by atoms with E-state index in [0.717, 1.165) is 28.4 Å². The van der Waals surface area contributed by atoms with Gasteiger partial charge in [0.25, 0.3) is 5.91 Å². The highest BCUT2D eigenvalue weighted by atomic mass is 16.2. The fourth-order valence-corrected chi connectivity index (χ4v) is 4.41. The van der Waals surface area contributed by atoms with Gasteiger partial charge in [-0.3, -0.25) is 9.59 Å². The first-order valence-corrected chi connectivity index (χ1v) is 9.72. The van der Waals surface area contributed by atoms with Crippen LogP contribution in [-0.2, 0) is 4.79 Å². The molecule has 0 spiro atoms. The molecular weight excluding hydrogens is 336 g/mol. The first-order valence-electron chi connectivity index (χ1n) is 9.72. The van der Waals surface area contributed by atoms with Gasteiger partial charge in [-0.25, -0.2) is 0 Å². The van der Waals surface area contributed by atoms with Crippen molar-refractivity contribution in [2.24, 2.45) is 5.41 Å². The van der Waals surface area contributed by atoms with E-state index in [1.165, 1.54) is 0 Å². The van der Waals surface area contributed by atoms with Crippen molar-refractivity contribution in [2.45, 2.75) is 59.4 Å². The van der Waals surface area contributed by atoms with Crippen LogP contribution in [0.3, 0.4) is 0 Å². The van der Waals surface area contributed by atoms with E-state index in [9.17, 15) is 9.59 Å². The average Bonchev–Trinajstić information content (AvgIpc) is 2.80. The van der Waals surface area contributed by atoms with Gasteiger partial charge in [-0.15, -0.1) is 0 Å². The number of hydrogen-bond acceptors (Lipinski definition) is 2. The monoisotopic (exact) mass is 366 g/mol. The number of rotatable bonds is 6. The Kier molecular flexibility index (Phi) is 5.02. The summed E-state index contributed by atoms with van der Waals surface area (Å²) in [5.41, 5.74) is 1.64. The van der Waals surface area contributed by atoms with Gasteiger partial charge in [0, 0.05) is 29.5 Å². The largest absolute Gasteiger partial charge is 0.351 e. The molecule has 0 saturated heterocycles. The molecule has 0 saturated carbocycles. The van der Waals surface area contributed by atoms with Crippen molar-refractivity contribution in [2.75, 3.05) is 11.4 Å². The first-order chi connectivity index (χ1) is 12.6. The molecule has 1 heterocycles. The van der Waals surface area contributed by atoms with Gasteiger partial charge in [-0.2, -0.15) is 0 Å². The van der Waals surface area contributed by atoms with Crippen LogP contribution >= 0.6 is 0 Å². The molecule has 2 aromatic rings. The fraction of sp³-hybridized carbons (Fsp3) is 0.478. The van der Waals surface area contributed by atoms with E-state index in [1.54, 1.807) is 0 Å². The van der Waals surface area contributed by atoms with Crippen LogP contribution in [0.2, 0.25) is 0 Å². The second-order valence-electron chi connectivity index (χ2n) is 9.41. The minimum absolute atomic E-state index is 0.0373. The zero-order chi connectivity index (χ0) is 19.8. The first kappa shape index (κ1) is 19.4. The Morgan fingerprint density at radius 2 is 1.70 bits per heavy atom. The number of amides is 2. The van der Waals surface area contributed by atoms with E-state index in [2.05, 4.69) is 39.9 Å². The predicted octanol–water partition coefficient (Wildman–Crippen LogP) is 4.91. The third-order valence-corrected chi connectivity index (χ3v) is 4.88. The summed E-state index contributed by atoms with van der Waals surface area (Å²) in [7, 11) is 0. The molecule has 0 radical (unpaired) electrons. The summed E-state index contributed by atoms with van der Waals surface area (Å²) in [6, 6.07) is 11.8. The molecule has 1 aliphatic rings. The number of carbonyl (C=O) groups is 2. The topological polar surface area (TPSA) is 49.4 Å². The summed E-state index contributed by atoms with van der Waals surface area (Å²) in [6.07, 6.45) is 1.98. The van der Waals surface area contributed by atoms with Crippen LogP contribution in [0.5, 0.6) is 0 Å². The Morgan fingerprint density at radius 1 is 1.04 bits per heavy atom. The number of benzene rings is 2. The number of nitrogens with one attached hydrogen (secondary N) is 1. The molecule has 0 unspecified atom stereocenters. The lowest BCUT2D eigenvalue weighted by atomic mass is 9.82. The van der Waals surface area contributed by atoms with Crippen molar-refractivity contribution in [3.8, 4) is 0 Å². The second kappa shape index (κ2) is 6.99. The van der Waals surface area contributed by atoms with E-state index in [0.29, 0.717) is 19.4 Å². The molecular formula is C23H30N2O2. The van der Waals surface area contributed by atoms with Gasteiger partial charge in [0.1, 0.15) is 0 Å². The van der Waals surface area contributed by atoms with Gasteiger partial charge >= 0.3 is 0 Å². The third kappa shape index (κ3) is 4.32. The Bertz CT molecular complexity index is 872. The Balaban J connectivity index is 1.60. The zero-order valence-corrected chi connectivity index (χ0v) is 17.1. The zero-order valence-electron chi connectivity index (χ0n) is 17.1. The van der Waals surface area contributed by atoms with Crippen LogP contribution in [0.15, 0.2) is 36.4 Å². The highest BCUT2D eigenvalue weighted by molar-refractivity contribution is 6.25. The molecule has 4 heteroatoms. The van der Waals surface area contributed by atoms with Gasteiger partial charge < -0.3 is 10.2 Å². The summed E-state index contributed by atoms with van der Waals surface area (Å²) >= 11 is 0. The summed E-state index contributed by atoms with van der Waals surface area (Å²) < 4.78 is 0. The summed E-state index contributed by atoms with van der Waals surface area (Å²) in [4.78, 5) is 27.0. The lowest BCUT2D eigenvalue weighted by molar-refractivity contribution is -0.123. The van der Waals surface area contributed by atoms with E-state index in [4.69, 9.17) is 0 Å². The molecule has 0 fully saturated rings. The SMILES string of the molecule is CC(C)(C)CC(C)(C)NC(=O)CCCN1C(=O)c2cccc3cccc1c23. The Morgan fingerprint density at radius 3 is 2.37 bits per heavy atom. The lowest BCUT2D eigenvalue weighted by Gasteiger charge is -2.33. The molecule has 0 aromatic heterocycles. The van der Waals surface area contributed by atoms with Crippen molar-refractivity contribution in [1.29, 1.82) is 0 Å². The van der Waals surface area contributed by atoms with Crippen molar-refractivity contribution >= 4 is 28.3 Å². The van der Waals surface area contributed by atoms with Crippen LogP contribution in [0.4, 0.5) is 5.69 Å². The predicted molar refractivity (Wildman–Crippen MR) is 111 cm³/mol. The van der Waals surface area contributed by atoms with E-state index >= 15 is 0 Å². The molecule has 2 aromatic carbocycles. The van der Waals surface area contributed by atoms with Crippen LogP contribution in [0.25, 0.3) is 10.8 Å². The van der Waals surface area contributed by atoms with Gasteiger partial charge in [0.2, 0.25) is 5.91 Å². The van der Waals surface area contributed by atoms with Gasteiger partial charge in [0.15, 0.2) is 0 Å². The third-order valence-electron chi connectivity index (χ3n) is 4.88. The van der Waals surface area contributed by atoms with Gasteiger partial charge in [0.05, 0.1) is 5.69 Å². The van der Waals surface area contributed by atoms with E-state index in [-0.39, 0.29) is 22.8 Å². The molecule has 2 amide bonds. The average molecular weight is 367 g/mol.